The molecule has 0 bridgehead atoms. The van der Waals surface area contributed by atoms with Crippen molar-refractivity contribution in [2.24, 2.45) is 0 Å². The van der Waals surface area contributed by atoms with Gasteiger partial charge in [-0.3, -0.25) is 14.4 Å². The second-order valence-corrected chi connectivity index (χ2v) is 1.95. The summed E-state index contributed by atoms with van der Waals surface area (Å²) in [7, 11) is 1.17. The fourth-order valence-electron chi connectivity index (χ4n) is 0.499. The normalized spacial score (nSPS) is 8.91. The Morgan fingerprint density at radius 1 is 1.18 bits per heavy atom. The zero-order chi connectivity index (χ0) is 8.85. The van der Waals surface area contributed by atoms with Gasteiger partial charge in [0.25, 0.3) is 0 Å². The van der Waals surface area contributed by atoms with Gasteiger partial charge in [-0.1, -0.05) is 6.92 Å². The van der Waals surface area contributed by atoms with Crippen LogP contribution in [-0.2, 0) is 19.1 Å². The van der Waals surface area contributed by atoms with E-state index in [1.807, 2.05) is 0 Å². The van der Waals surface area contributed by atoms with Gasteiger partial charge >= 0.3 is 5.97 Å². The van der Waals surface area contributed by atoms with Gasteiger partial charge in [-0.2, -0.15) is 0 Å². The van der Waals surface area contributed by atoms with Crippen LogP contribution >= 0.6 is 0 Å². The summed E-state index contributed by atoms with van der Waals surface area (Å²) in [5.74, 6) is -1.88. The lowest BCUT2D eigenvalue weighted by molar-refractivity contribution is -0.146. The molecule has 0 aliphatic carbocycles. The highest BCUT2D eigenvalue weighted by Gasteiger charge is 2.15. The van der Waals surface area contributed by atoms with Crippen LogP contribution in [0.5, 0.6) is 0 Å². The monoisotopic (exact) mass is 158 g/mol. The maximum Gasteiger partial charge on any atom is 0.313 e. The van der Waals surface area contributed by atoms with Crippen molar-refractivity contribution in [2.45, 2.75) is 19.8 Å². The zero-order valence-electron chi connectivity index (χ0n) is 6.55. The third kappa shape index (κ3) is 3.50. The molecule has 0 unspecified atom stereocenters. The first-order chi connectivity index (χ1) is 5.11. The first-order valence-corrected chi connectivity index (χ1v) is 3.24. The minimum atomic E-state index is -0.681. The smallest absolute Gasteiger partial charge is 0.313 e. The Kier molecular flexibility index (Phi) is 4.10. The van der Waals surface area contributed by atoms with Crippen LogP contribution in [0.25, 0.3) is 0 Å². The Balaban J connectivity index is 3.88. The fourth-order valence-corrected chi connectivity index (χ4v) is 0.499. The van der Waals surface area contributed by atoms with E-state index in [1.165, 1.54) is 7.11 Å². The molecule has 0 rings (SSSR count). The number of rotatable bonds is 4. The van der Waals surface area contributed by atoms with E-state index in [0.717, 1.165) is 0 Å². The van der Waals surface area contributed by atoms with E-state index in [2.05, 4.69) is 4.74 Å². The van der Waals surface area contributed by atoms with E-state index < -0.39 is 24.0 Å². The van der Waals surface area contributed by atoms with Crippen LogP contribution in [0.4, 0.5) is 0 Å². The molecule has 11 heavy (non-hydrogen) atoms. The first kappa shape index (κ1) is 9.81. The van der Waals surface area contributed by atoms with Crippen LogP contribution in [0.3, 0.4) is 0 Å². The minimum absolute atomic E-state index is 0.135. The number of esters is 1. The lowest BCUT2D eigenvalue weighted by atomic mass is 10.1. The summed E-state index contributed by atoms with van der Waals surface area (Å²) < 4.78 is 4.20. The van der Waals surface area contributed by atoms with Crippen molar-refractivity contribution in [3.63, 3.8) is 0 Å². The third-order valence-corrected chi connectivity index (χ3v) is 1.16. The number of hydrogen-bond donors (Lipinski definition) is 0. The van der Waals surface area contributed by atoms with Crippen molar-refractivity contribution in [1.82, 2.24) is 0 Å². The van der Waals surface area contributed by atoms with Crippen LogP contribution in [0.2, 0.25) is 0 Å². The number of ether oxygens (including phenoxy) is 1. The first-order valence-electron chi connectivity index (χ1n) is 3.24. The Morgan fingerprint density at radius 3 is 2.09 bits per heavy atom. The molecule has 0 saturated carbocycles. The fraction of sp³-hybridized carbons (Fsp3) is 0.571. The Hall–Kier alpha value is -1.19. The predicted octanol–water partition coefficient (Wildman–Crippen LogP) is 0.0977. The van der Waals surface area contributed by atoms with Crippen LogP contribution in [-0.4, -0.2) is 24.6 Å². The number of hydrogen-bond acceptors (Lipinski definition) is 4. The van der Waals surface area contributed by atoms with Crippen LogP contribution in [0.1, 0.15) is 19.8 Å². The Bertz CT molecular complexity index is 183. The van der Waals surface area contributed by atoms with Crippen LogP contribution in [0, 0.1) is 0 Å². The SMILES string of the molecule is CCC(=O)C(=O)CC(=O)OC. The topological polar surface area (TPSA) is 60.4 Å². The highest BCUT2D eigenvalue weighted by Crippen LogP contribution is 1.91. The molecular formula is C7H10O4. The van der Waals surface area contributed by atoms with Gasteiger partial charge in [0.1, 0.15) is 6.42 Å². The van der Waals surface area contributed by atoms with E-state index in [-0.39, 0.29) is 6.42 Å². The molecule has 4 nitrogen and oxygen atoms in total. The van der Waals surface area contributed by atoms with E-state index in [0.29, 0.717) is 0 Å². The average molecular weight is 158 g/mol. The van der Waals surface area contributed by atoms with Crippen molar-refractivity contribution in [3.05, 3.63) is 0 Å². The van der Waals surface area contributed by atoms with Crippen molar-refractivity contribution in [2.75, 3.05) is 7.11 Å². The Labute approximate surface area is 64.5 Å². The molecule has 62 valence electrons. The molecule has 0 heterocycles. The second kappa shape index (κ2) is 4.60. The van der Waals surface area contributed by atoms with Crippen LogP contribution in [0.15, 0.2) is 0 Å². The molecule has 0 aromatic heterocycles. The number of carbonyl (C=O) groups is 3. The van der Waals surface area contributed by atoms with Gasteiger partial charge in [-0.15, -0.1) is 0 Å². The molecule has 0 N–H and O–H groups in total. The summed E-state index contributed by atoms with van der Waals surface area (Å²) in [5, 5.41) is 0. The summed E-state index contributed by atoms with van der Waals surface area (Å²) in [6, 6.07) is 0. The summed E-state index contributed by atoms with van der Waals surface area (Å²) in [6.45, 7) is 1.57. The van der Waals surface area contributed by atoms with E-state index >= 15 is 0 Å². The molecular weight excluding hydrogens is 148 g/mol. The summed E-state index contributed by atoms with van der Waals surface area (Å²) >= 11 is 0. The minimum Gasteiger partial charge on any atom is -0.469 e. The van der Waals surface area contributed by atoms with Crippen LogP contribution < -0.4 is 0 Å². The third-order valence-electron chi connectivity index (χ3n) is 1.16. The molecule has 4 heteroatoms. The summed E-state index contributed by atoms with van der Waals surface area (Å²) in [4.78, 5) is 31.7. The van der Waals surface area contributed by atoms with Crippen molar-refractivity contribution < 1.29 is 19.1 Å². The molecule has 0 atom stereocenters. The Morgan fingerprint density at radius 2 is 1.73 bits per heavy atom. The quantitative estimate of drug-likeness (QED) is 0.330. The molecule has 0 aromatic rings. The van der Waals surface area contributed by atoms with Gasteiger partial charge < -0.3 is 4.74 Å². The lowest BCUT2D eigenvalue weighted by Gasteiger charge is -1.95. The molecule has 0 radical (unpaired) electrons. The predicted molar refractivity (Wildman–Crippen MR) is 36.9 cm³/mol. The maximum atomic E-state index is 10.7. The van der Waals surface area contributed by atoms with Crippen molar-refractivity contribution in [1.29, 1.82) is 0 Å². The second-order valence-electron chi connectivity index (χ2n) is 1.95. The van der Waals surface area contributed by atoms with Crippen molar-refractivity contribution in [3.8, 4) is 0 Å². The van der Waals surface area contributed by atoms with Gasteiger partial charge in [0.15, 0.2) is 5.78 Å². The van der Waals surface area contributed by atoms with Gasteiger partial charge in [-0.25, -0.2) is 0 Å². The highest BCUT2D eigenvalue weighted by atomic mass is 16.5. The number of ketones is 2. The van der Waals surface area contributed by atoms with E-state index in [1.54, 1.807) is 6.92 Å². The number of Topliss-reactive ketones (excluding diaryl/α,β-unsaturated/α-hetero) is 2. The average Bonchev–Trinajstić information content (AvgIpc) is 2.02. The molecule has 0 aliphatic rings. The molecule has 0 saturated heterocycles. The summed E-state index contributed by atoms with van der Waals surface area (Å²) in [6.07, 6.45) is -0.307. The van der Waals surface area contributed by atoms with E-state index in [9.17, 15) is 14.4 Å². The number of carbonyl (C=O) groups excluding carboxylic acids is 3. The van der Waals surface area contributed by atoms with Crippen molar-refractivity contribution >= 4 is 17.5 Å². The largest absolute Gasteiger partial charge is 0.469 e. The van der Waals surface area contributed by atoms with Gasteiger partial charge in [0.05, 0.1) is 7.11 Å². The molecule has 0 spiro atoms. The molecule has 0 aromatic carbocycles. The van der Waals surface area contributed by atoms with Gasteiger partial charge in [0.2, 0.25) is 5.78 Å². The molecule has 0 aliphatic heterocycles. The van der Waals surface area contributed by atoms with Gasteiger partial charge in [-0.05, 0) is 0 Å². The lowest BCUT2D eigenvalue weighted by Crippen LogP contribution is -2.17. The van der Waals surface area contributed by atoms with E-state index in [4.69, 9.17) is 0 Å². The number of methoxy groups -OCH3 is 1. The maximum absolute atomic E-state index is 10.7. The van der Waals surface area contributed by atoms with Gasteiger partial charge in [0, 0.05) is 6.42 Å². The highest BCUT2D eigenvalue weighted by molar-refractivity contribution is 6.39. The molecule has 0 amide bonds. The zero-order valence-corrected chi connectivity index (χ0v) is 6.55. The summed E-state index contributed by atoms with van der Waals surface area (Å²) in [5.41, 5.74) is 0. The standard InChI is InChI=1S/C7H10O4/c1-3-5(8)6(9)4-7(10)11-2/h3-4H2,1-2H3. The molecule has 0 fully saturated rings.